The van der Waals surface area contributed by atoms with Gasteiger partial charge in [-0.25, -0.2) is 9.59 Å². The minimum Gasteiger partial charge on any atom is -0.438 e. The summed E-state index contributed by atoms with van der Waals surface area (Å²) in [5.74, 6) is 0. The summed E-state index contributed by atoms with van der Waals surface area (Å²) in [6, 6.07) is 44.0. The predicted octanol–water partition coefficient (Wildman–Crippen LogP) is 13.6. The summed E-state index contributed by atoms with van der Waals surface area (Å²) >= 11 is 0. The van der Waals surface area contributed by atoms with Gasteiger partial charge in [0.05, 0.1) is 27.4 Å². The van der Waals surface area contributed by atoms with E-state index in [1.165, 1.54) is 47.6 Å². The minimum atomic E-state index is -0.653. The van der Waals surface area contributed by atoms with Crippen molar-refractivity contribution in [2.45, 2.75) is 67.2 Å². The van der Waals surface area contributed by atoms with Gasteiger partial charge in [0, 0.05) is 34.1 Å². The summed E-state index contributed by atoms with van der Waals surface area (Å²) < 4.78 is 19.3. The summed E-state index contributed by atoms with van der Waals surface area (Å²) in [7, 11) is 2.63. The molecule has 0 N–H and O–H groups in total. The lowest BCUT2D eigenvalue weighted by molar-refractivity contribution is 0.0710. The summed E-state index contributed by atoms with van der Waals surface area (Å²) in [6.45, 7) is 13.6. The molecule has 6 rings (SSSR count). The molecule has 0 atom stereocenters. The molecule has 310 valence electrons. The van der Waals surface area contributed by atoms with Crippen LogP contribution in [0.5, 0.6) is 0 Å². The lowest BCUT2D eigenvalue weighted by Gasteiger charge is -2.29. The molecule has 0 heterocycles. The number of nitrogens with zero attached hydrogens (tertiary/aromatic N) is 2. The number of anilines is 6. The standard InChI is InChI=1S/C52H56N2O6/c1-35-13-21-47(33-37(35)3)53(45-23-15-41(16-24-45)11-9-29-59-51(55)57-7)49-27-19-43(31-39(49)5)44-20-28-50(40(6)32-44)54(48-22-14-36(2)38(4)34-48)46-25-17-42(18-26-46)12-10-30-60-52(56)58-8/h13-28,31-34H,9-12,29-30H2,1-8H3. The van der Waals surface area contributed by atoms with E-state index in [9.17, 15) is 9.59 Å². The maximum Gasteiger partial charge on any atom is 0.507 e. The summed E-state index contributed by atoms with van der Waals surface area (Å²) in [4.78, 5) is 27.3. The van der Waals surface area contributed by atoms with Gasteiger partial charge >= 0.3 is 12.3 Å². The molecule has 0 amide bonds. The van der Waals surface area contributed by atoms with Crippen LogP contribution < -0.4 is 9.80 Å². The monoisotopic (exact) mass is 804 g/mol. The number of aryl methyl sites for hydroxylation is 8. The first-order chi connectivity index (χ1) is 28.9. The van der Waals surface area contributed by atoms with Crippen molar-refractivity contribution in [3.8, 4) is 11.1 Å². The maximum atomic E-state index is 11.3. The molecule has 0 saturated heterocycles. The third-order valence-corrected chi connectivity index (χ3v) is 11.1. The molecule has 0 aliphatic rings. The number of ether oxygens (including phenoxy) is 4. The van der Waals surface area contributed by atoms with E-state index in [4.69, 9.17) is 9.47 Å². The SMILES string of the molecule is COC(=O)OCCCc1ccc(N(c2ccc(C)c(C)c2)c2ccc(-c3ccc(N(c4ccc(CCCOC(=O)OC)cc4)c4ccc(C)c(C)c4)c(C)c3)cc2C)cc1. The third kappa shape index (κ3) is 10.5. The van der Waals surface area contributed by atoms with Crippen LogP contribution in [0.3, 0.4) is 0 Å². The van der Waals surface area contributed by atoms with Crippen molar-refractivity contribution < 1.29 is 28.5 Å². The Morgan fingerprint density at radius 3 is 1.12 bits per heavy atom. The molecular weight excluding hydrogens is 749 g/mol. The number of methoxy groups -OCH3 is 2. The van der Waals surface area contributed by atoms with Crippen molar-refractivity contribution in [3.05, 3.63) is 166 Å². The second-order valence-corrected chi connectivity index (χ2v) is 15.4. The fourth-order valence-electron chi connectivity index (χ4n) is 7.36. The van der Waals surface area contributed by atoms with E-state index in [1.807, 2.05) is 0 Å². The van der Waals surface area contributed by atoms with Gasteiger partial charge in [0.1, 0.15) is 0 Å². The number of hydrogen-bond acceptors (Lipinski definition) is 8. The van der Waals surface area contributed by atoms with E-state index < -0.39 is 12.3 Å². The molecule has 0 fully saturated rings. The second kappa shape index (κ2) is 19.9. The molecule has 0 aliphatic carbocycles. The zero-order valence-corrected chi connectivity index (χ0v) is 36.1. The van der Waals surface area contributed by atoms with Gasteiger partial charge in [0.2, 0.25) is 0 Å². The van der Waals surface area contributed by atoms with Crippen LogP contribution >= 0.6 is 0 Å². The lowest BCUT2D eigenvalue weighted by atomic mass is 9.98. The van der Waals surface area contributed by atoms with Gasteiger partial charge in [-0.3, -0.25) is 0 Å². The molecule has 0 radical (unpaired) electrons. The molecule has 8 heteroatoms. The van der Waals surface area contributed by atoms with E-state index in [-0.39, 0.29) is 0 Å². The van der Waals surface area contributed by atoms with Crippen LogP contribution in [-0.4, -0.2) is 39.7 Å². The summed E-state index contributed by atoms with van der Waals surface area (Å²) in [5, 5.41) is 0. The Morgan fingerprint density at radius 2 is 0.783 bits per heavy atom. The first-order valence-corrected chi connectivity index (χ1v) is 20.5. The molecular formula is C52H56N2O6. The summed E-state index contributed by atoms with van der Waals surface area (Å²) in [5.41, 5.74) is 18.5. The number of hydrogen-bond donors (Lipinski definition) is 0. The molecule has 0 bridgehead atoms. The van der Waals surface area contributed by atoms with Gasteiger partial charge in [0.25, 0.3) is 0 Å². The van der Waals surface area contributed by atoms with Crippen LogP contribution in [0.15, 0.2) is 121 Å². The normalized spacial score (nSPS) is 10.9. The van der Waals surface area contributed by atoms with E-state index in [0.717, 1.165) is 69.2 Å². The van der Waals surface area contributed by atoms with Gasteiger partial charge in [-0.05, 0) is 196 Å². The highest BCUT2D eigenvalue weighted by molar-refractivity contribution is 5.83. The predicted molar refractivity (Wildman–Crippen MR) is 243 cm³/mol. The smallest absolute Gasteiger partial charge is 0.438 e. The van der Waals surface area contributed by atoms with E-state index in [2.05, 4.69) is 182 Å². The molecule has 0 unspecified atom stereocenters. The summed E-state index contributed by atoms with van der Waals surface area (Å²) in [6.07, 6.45) is 1.70. The van der Waals surface area contributed by atoms with Crippen molar-refractivity contribution in [2.75, 3.05) is 37.2 Å². The van der Waals surface area contributed by atoms with Crippen molar-refractivity contribution in [1.82, 2.24) is 0 Å². The molecule has 6 aromatic rings. The highest BCUT2D eigenvalue weighted by Gasteiger charge is 2.19. The second-order valence-electron chi connectivity index (χ2n) is 15.4. The number of rotatable bonds is 15. The molecule has 0 aromatic heterocycles. The van der Waals surface area contributed by atoms with Crippen LogP contribution in [0.1, 0.15) is 57.3 Å². The number of carbonyl (C=O) groups excluding carboxylic acids is 2. The highest BCUT2D eigenvalue weighted by atomic mass is 16.7. The Hall–Kier alpha value is -6.54. The van der Waals surface area contributed by atoms with Crippen LogP contribution in [0.25, 0.3) is 11.1 Å². The average Bonchev–Trinajstić information content (AvgIpc) is 3.25. The van der Waals surface area contributed by atoms with Crippen molar-refractivity contribution in [1.29, 1.82) is 0 Å². The first-order valence-electron chi connectivity index (χ1n) is 20.5. The Labute approximate surface area is 355 Å². The molecule has 0 spiro atoms. The van der Waals surface area contributed by atoms with Crippen LogP contribution in [0.4, 0.5) is 43.7 Å². The fraction of sp³-hybridized carbons (Fsp3) is 0.269. The maximum absolute atomic E-state index is 11.3. The topological polar surface area (TPSA) is 77.5 Å². The Kier molecular flexibility index (Phi) is 14.3. The third-order valence-electron chi connectivity index (χ3n) is 11.1. The van der Waals surface area contributed by atoms with Gasteiger partial charge in [-0.15, -0.1) is 0 Å². The van der Waals surface area contributed by atoms with Gasteiger partial charge in [-0.1, -0.05) is 48.5 Å². The number of carbonyl (C=O) groups is 2. The molecule has 0 aliphatic heterocycles. The minimum absolute atomic E-state index is 0.314. The first kappa shape index (κ1) is 43.0. The van der Waals surface area contributed by atoms with E-state index in [0.29, 0.717) is 26.1 Å². The van der Waals surface area contributed by atoms with Crippen molar-refractivity contribution in [2.24, 2.45) is 0 Å². The lowest BCUT2D eigenvalue weighted by Crippen LogP contribution is -2.12. The molecule has 6 aromatic carbocycles. The van der Waals surface area contributed by atoms with Gasteiger partial charge < -0.3 is 28.7 Å². The highest BCUT2D eigenvalue weighted by Crippen LogP contribution is 2.41. The Bertz CT molecular complexity index is 2250. The average molecular weight is 805 g/mol. The number of benzene rings is 6. The van der Waals surface area contributed by atoms with Crippen LogP contribution in [0, 0.1) is 41.5 Å². The quantitative estimate of drug-likeness (QED) is 0.0750. The van der Waals surface area contributed by atoms with E-state index in [1.54, 1.807) is 0 Å². The molecule has 0 saturated carbocycles. The largest absolute Gasteiger partial charge is 0.507 e. The molecule has 60 heavy (non-hydrogen) atoms. The van der Waals surface area contributed by atoms with Crippen LogP contribution in [0.2, 0.25) is 0 Å². The van der Waals surface area contributed by atoms with Crippen molar-refractivity contribution in [3.63, 3.8) is 0 Å². The van der Waals surface area contributed by atoms with Crippen LogP contribution in [-0.2, 0) is 31.8 Å². The van der Waals surface area contributed by atoms with Crippen molar-refractivity contribution >= 4 is 46.4 Å². The van der Waals surface area contributed by atoms with Gasteiger partial charge in [0.15, 0.2) is 0 Å². The fourth-order valence-corrected chi connectivity index (χ4v) is 7.36. The zero-order chi connectivity index (χ0) is 42.8. The molecule has 8 nitrogen and oxygen atoms in total. The Morgan fingerprint density at radius 1 is 0.417 bits per heavy atom. The van der Waals surface area contributed by atoms with Gasteiger partial charge in [-0.2, -0.15) is 0 Å². The zero-order valence-electron chi connectivity index (χ0n) is 36.1. The Balaban J connectivity index is 1.28. The van der Waals surface area contributed by atoms with E-state index >= 15 is 0 Å².